The second-order valence-corrected chi connectivity index (χ2v) is 5.96. The van der Waals surface area contributed by atoms with Crippen molar-refractivity contribution in [1.82, 2.24) is 4.90 Å². The molecule has 1 saturated heterocycles. The zero-order valence-electron chi connectivity index (χ0n) is 12.4. The van der Waals surface area contributed by atoms with Crippen LogP contribution in [-0.2, 0) is 5.54 Å². The van der Waals surface area contributed by atoms with Crippen molar-refractivity contribution in [2.24, 2.45) is 11.7 Å². The van der Waals surface area contributed by atoms with E-state index in [0.29, 0.717) is 6.54 Å². The molecule has 3 heteroatoms. The number of rotatable bonds is 5. The van der Waals surface area contributed by atoms with Crippen molar-refractivity contribution in [2.75, 3.05) is 19.6 Å². The quantitative estimate of drug-likeness (QED) is 0.896. The number of hydrogen-bond donors (Lipinski definition) is 1. The summed E-state index contributed by atoms with van der Waals surface area (Å²) in [5, 5.41) is 9.50. The average molecular weight is 271 g/mol. The standard InChI is InChI=1S/C17H25N3/c1-2-6-15-9-11-20(12-10-15)14-17(19,13-18)16-7-4-3-5-8-16/h3-5,7-8,15H,2,6,9-12,14,19H2,1H3. The maximum absolute atomic E-state index is 9.50. The Hall–Kier alpha value is -1.37. The van der Waals surface area contributed by atoms with Crippen molar-refractivity contribution in [3.8, 4) is 6.07 Å². The summed E-state index contributed by atoms with van der Waals surface area (Å²) in [6.07, 6.45) is 5.08. The predicted molar refractivity (Wildman–Crippen MR) is 82.0 cm³/mol. The summed E-state index contributed by atoms with van der Waals surface area (Å²) >= 11 is 0. The Bertz CT molecular complexity index is 443. The maximum atomic E-state index is 9.50. The van der Waals surface area contributed by atoms with Crippen LogP contribution in [0.25, 0.3) is 0 Å². The first-order chi connectivity index (χ1) is 9.68. The van der Waals surface area contributed by atoms with Crippen molar-refractivity contribution in [3.05, 3.63) is 35.9 Å². The van der Waals surface area contributed by atoms with E-state index < -0.39 is 5.54 Å². The van der Waals surface area contributed by atoms with E-state index in [1.165, 1.54) is 25.7 Å². The van der Waals surface area contributed by atoms with E-state index in [9.17, 15) is 5.26 Å². The Morgan fingerprint density at radius 3 is 2.50 bits per heavy atom. The Balaban J connectivity index is 1.97. The molecule has 0 spiro atoms. The van der Waals surface area contributed by atoms with Crippen molar-refractivity contribution in [2.45, 2.75) is 38.1 Å². The molecule has 1 aromatic carbocycles. The van der Waals surface area contributed by atoms with Crippen LogP contribution in [0.2, 0.25) is 0 Å². The number of hydrogen-bond acceptors (Lipinski definition) is 3. The lowest BCUT2D eigenvalue weighted by Crippen LogP contribution is -2.49. The van der Waals surface area contributed by atoms with Crippen LogP contribution in [0.15, 0.2) is 30.3 Å². The van der Waals surface area contributed by atoms with Crippen molar-refractivity contribution >= 4 is 0 Å². The fourth-order valence-corrected chi connectivity index (χ4v) is 3.12. The molecule has 0 radical (unpaired) electrons. The van der Waals surface area contributed by atoms with Gasteiger partial charge in [0.05, 0.1) is 6.07 Å². The smallest absolute Gasteiger partial charge is 0.142 e. The number of piperidine rings is 1. The van der Waals surface area contributed by atoms with Gasteiger partial charge in [0, 0.05) is 6.54 Å². The predicted octanol–water partition coefficient (Wildman–Crippen LogP) is 2.88. The van der Waals surface area contributed by atoms with Gasteiger partial charge in [-0.2, -0.15) is 5.26 Å². The summed E-state index contributed by atoms with van der Waals surface area (Å²) in [6.45, 7) is 5.02. The molecular formula is C17H25N3. The average Bonchev–Trinajstić information content (AvgIpc) is 2.50. The highest BCUT2D eigenvalue weighted by Gasteiger charge is 2.31. The maximum Gasteiger partial charge on any atom is 0.142 e. The van der Waals surface area contributed by atoms with Crippen LogP contribution in [0.1, 0.15) is 38.2 Å². The molecule has 1 aliphatic rings. The van der Waals surface area contributed by atoms with Crippen molar-refractivity contribution < 1.29 is 0 Å². The van der Waals surface area contributed by atoms with Gasteiger partial charge in [0.2, 0.25) is 0 Å². The zero-order valence-corrected chi connectivity index (χ0v) is 12.4. The minimum Gasteiger partial charge on any atom is -0.309 e. The van der Waals surface area contributed by atoms with E-state index in [1.807, 2.05) is 30.3 Å². The molecule has 1 unspecified atom stereocenters. The fourth-order valence-electron chi connectivity index (χ4n) is 3.12. The van der Waals surface area contributed by atoms with Crippen LogP contribution in [0.4, 0.5) is 0 Å². The van der Waals surface area contributed by atoms with E-state index in [1.54, 1.807) is 0 Å². The van der Waals surface area contributed by atoms with Gasteiger partial charge in [-0.05, 0) is 37.4 Å². The summed E-state index contributed by atoms with van der Waals surface area (Å²) < 4.78 is 0. The Morgan fingerprint density at radius 1 is 1.30 bits per heavy atom. The van der Waals surface area contributed by atoms with Crippen LogP contribution in [0.5, 0.6) is 0 Å². The molecule has 2 rings (SSSR count). The first-order valence-electron chi connectivity index (χ1n) is 7.66. The molecule has 0 aliphatic carbocycles. The molecule has 0 saturated carbocycles. The van der Waals surface area contributed by atoms with E-state index in [2.05, 4.69) is 17.9 Å². The molecule has 108 valence electrons. The van der Waals surface area contributed by atoms with Gasteiger partial charge in [0.25, 0.3) is 0 Å². The minimum absolute atomic E-state index is 0.631. The van der Waals surface area contributed by atoms with Crippen LogP contribution in [0.3, 0.4) is 0 Å². The van der Waals surface area contributed by atoms with Crippen LogP contribution >= 0.6 is 0 Å². The van der Waals surface area contributed by atoms with Crippen molar-refractivity contribution in [1.29, 1.82) is 5.26 Å². The molecule has 20 heavy (non-hydrogen) atoms. The number of nitriles is 1. The van der Waals surface area contributed by atoms with E-state index in [-0.39, 0.29) is 0 Å². The molecule has 1 fully saturated rings. The first kappa shape index (κ1) is 15.0. The topological polar surface area (TPSA) is 53.0 Å². The van der Waals surface area contributed by atoms with Gasteiger partial charge in [-0.15, -0.1) is 0 Å². The van der Waals surface area contributed by atoms with Crippen LogP contribution in [-0.4, -0.2) is 24.5 Å². The van der Waals surface area contributed by atoms with Crippen molar-refractivity contribution in [3.63, 3.8) is 0 Å². The second-order valence-electron chi connectivity index (χ2n) is 5.96. The molecule has 2 N–H and O–H groups in total. The lowest BCUT2D eigenvalue weighted by Gasteiger charge is -2.36. The minimum atomic E-state index is -0.890. The lowest BCUT2D eigenvalue weighted by atomic mass is 9.88. The molecular weight excluding hydrogens is 246 g/mol. The van der Waals surface area contributed by atoms with Gasteiger partial charge < -0.3 is 10.6 Å². The summed E-state index contributed by atoms with van der Waals surface area (Å²) in [5.74, 6) is 0.863. The van der Waals surface area contributed by atoms with Gasteiger partial charge in [0.1, 0.15) is 5.54 Å². The molecule has 3 nitrogen and oxygen atoms in total. The van der Waals surface area contributed by atoms with E-state index in [0.717, 1.165) is 24.6 Å². The third-order valence-corrected chi connectivity index (χ3v) is 4.37. The zero-order chi connectivity index (χ0) is 14.4. The molecule has 1 atom stereocenters. The Labute approximate surface area is 122 Å². The summed E-state index contributed by atoms with van der Waals surface area (Å²) in [7, 11) is 0. The van der Waals surface area contributed by atoms with Gasteiger partial charge in [-0.3, -0.25) is 0 Å². The highest BCUT2D eigenvalue weighted by Crippen LogP contribution is 2.25. The Morgan fingerprint density at radius 2 is 1.95 bits per heavy atom. The van der Waals surface area contributed by atoms with E-state index >= 15 is 0 Å². The monoisotopic (exact) mass is 271 g/mol. The first-order valence-corrected chi connectivity index (χ1v) is 7.66. The molecule has 1 heterocycles. The normalized spacial score (nSPS) is 20.2. The molecule has 1 aliphatic heterocycles. The third-order valence-electron chi connectivity index (χ3n) is 4.37. The van der Waals surface area contributed by atoms with E-state index in [4.69, 9.17) is 5.73 Å². The van der Waals surface area contributed by atoms with Gasteiger partial charge in [-0.25, -0.2) is 0 Å². The van der Waals surface area contributed by atoms with Gasteiger partial charge >= 0.3 is 0 Å². The van der Waals surface area contributed by atoms with Crippen LogP contribution in [0, 0.1) is 17.2 Å². The molecule has 0 bridgehead atoms. The number of likely N-dealkylation sites (tertiary alicyclic amines) is 1. The second kappa shape index (κ2) is 6.88. The number of benzene rings is 1. The summed E-state index contributed by atoms with van der Waals surface area (Å²) in [6, 6.07) is 12.1. The Kier molecular flexibility index (Phi) is 5.17. The van der Waals surface area contributed by atoms with Gasteiger partial charge in [0.15, 0.2) is 0 Å². The molecule has 1 aromatic rings. The summed E-state index contributed by atoms with van der Waals surface area (Å²) in [5.41, 5.74) is 6.36. The van der Waals surface area contributed by atoms with Crippen LogP contribution < -0.4 is 5.73 Å². The highest BCUT2D eigenvalue weighted by atomic mass is 15.1. The number of nitrogens with zero attached hydrogens (tertiary/aromatic N) is 2. The molecule has 0 amide bonds. The molecule has 0 aromatic heterocycles. The fraction of sp³-hybridized carbons (Fsp3) is 0.588. The largest absolute Gasteiger partial charge is 0.309 e. The highest BCUT2D eigenvalue weighted by molar-refractivity contribution is 5.31. The number of nitrogens with two attached hydrogens (primary N) is 1. The SMILES string of the molecule is CCCC1CCN(CC(N)(C#N)c2ccccc2)CC1. The third kappa shape index (κ3) is 3.59. The lowest BCUT2D eigenvalue weighted by molar-refractivity contribution is 0.157. The summed E-state index contributed by atoms with van der Waals surface area (Å²) in [4.78, 5) is 2.35. The van der Waals surface area contributed by atoms with Gasteiger partial charge in [-0.1, -0.05) is 50.1 Å².